The van der Waals surface area contributed by atoms with Gasteiger partial charge in [0.15, 0.2) is 0 Å². The van der Waals surface area contributed by atoms with Gasteiger partial charge in [0.25, 0.3) is 0 Å². The number of aliphatic carboxylic acids is 1. The number of rotatable bonds is 10. The van der Waals surface area contributed by atoms with Crippen molar-refractivity contribution in [3.8, 4) is 0 Å². The van der Waals surface area contributed by atoms with E-state index >= 15 is 0 Å². The van der Waals surface area contributed by atoms with Crippen molar-refractivity contribution in [2.24, 2.45) is 0 Å². The van der Waals surface area contributed by atoms with Crippen LogP contribution >= 0.6 is 15.2 Å². The maximum Gasteiger partial charge on any atom is 0.348 e. The van der Waals surface area contributed by atoms with Crippen molar-refractivity contribution < 1.29 is 38.6 Å². The fourth-order valence-electron chi connectivity index (χ4n) is 2.16. The highest BCUT2D eigenvalue weighted by Gasteiger charge is 2.39. The molecule has 0 spiro atoms. The summed E-state index contributed by atoms with van der Waals surface area (Å²) in [6.07, 6.45) is 5.06. The summed E-state index contributed by atoms with van der Waals surface area (Å²) in [7, 11) is -8.84. The van der Waals surface area contributed by atoms with Crippen LogP contribution in [0.4, 0.5) is 0 Å². The first-order chi connectivity index (χ1) is 11.8. The van der Waals surface area contributed by atoms with Crippen molar-refractivity contribution in [1.29, 1.82) is 0 Å². The molecule has 26 heavy (non-hydrogen) atoms. The van der Waals surface area contributed by atoms with Crippen LogP contribution in [0.25, 0.3) is 0 Å². The Hall–Kier alpha value is -1.58. The summed E-state index contributed by atoms with van der Waals surface area (Å²) in [5, 5.41) is 9.69. The highest BCUT2D eigenvalue weighted by molar-refractivity contribution is 7.55. The molecule has 0 radical (unpaired) electrons. The number of hydrogen-bond donors (Lipinski definition) is 6. The van der Waals surface area contributed by atoms with Gasteiger partial charge in [0.1, 0.15) is 5.54 Å². The molecule has 0 bridgehead atoms. The Morgan fingerprint density at radius 3 is 2.04 bits per heavy atom. The normalized spacial score (nSPS) is 15.8. The molecule has 13 heteroatoms. The maximum absolute atomic E-state index is 11.9. The van der Waals surface area contributed by atoms with Crippen LogP contribution < -0.4 is 0 Å². The van der Waals surface area contributed by atoms with Crippen LogP contribution in [0.3, 0.4) is 0 Å². The van der Waals surface area contributed by atoms with E-state index in [1.807, 2.05) is 0 Å². The third-order valence-corrected chi connectivity index (χ3v) is 4.69. The highest BCUT2D eigenvalue weighted by atomic mass is 31.2. The number of aromatic amines is 1. The first-order valence-electron chi connectivity index (χ1n) is 7.25. The second-order valence-electron chi connectivity index (χ2n) is 5.67. The minimum absolute atomic E-state index is 0.0423. The first kappa shape index (κ1) is 22.5. The molecule has 0 aliphatic heterocycles. The van der Waals surface area contributed by atoms with Crippen LogP contribution in [-0.4, -0.2) is 64.1 Å². The molecule has 0 fully saturated rings. The number of nitrogens with zero attached hydrogens (tertiary/aromatic N) is 2. The molecule has 0 aliphatic rings. The van der Waals surface area contributed by atoms with Crippen LogP contribution in [0, 0.1) is 0 Å². The molecule has 0 unspecified atom stereocenters. The summed E-state index contributed by atoms with van der Waals surface area (Å²) in [4.78, 5) is 55.4. The number of H-pyrrole nitrogens is 1. The summed E-state index contributed by atoms with van der Waals surface area (Å²) < 4.78 is 21.9. The van der Waals surface area contributed by atoms with E-state index in [0.717, 1.165) is 12.2 Å². The third-order valence-electron chi connectivity index (χ3n) is 3.49. The number of aromatic nitrogens is 2. The molecule has 0 saturated carbocycles. The molecule has 1 heterocycles. The second kappa shape index (κ2) is 8.88. The molecule has 0 saturated heterocycles. The molecule has 1 rings (SSSR count). The Balaban J connectivity index is 3.13. The van der Waals surface area contributed by atoms with Crippen LogP contribution in [0.5, 0.6) is 0 Å². The predicted molar refractivity (Wildman–Crippen MR) is 92.3 cm³/mol. The van der Waals surface area contributed by atoms with Crippen molar-refractivity contribution in [3.63, 3.8) is 0 Å². The van der Waals surface area contributed by atoms with Crippen molar-refractivity contribution in [1.82, 2.24) is 14.9 Å². The molecule has 6 N–H and O–H groups in total. The van der Waals surface area contributed by atoms with Gasteiger partial charge in [0.05, 0.1) is 12.0 Å². The van der Waals surface area contributed by atoms with Crippen molar-refractivity contribution in [2.45, 2.75) is 18.9 Å². The van der Waals surface area contributed by atoms with Crippen LogP contribution in [0.2, 0.25) is 0 Å². The lowest BCUT2D eigenvalue weighted by atomic mass is 9.93. The van der Waals surface area contributed by atoms with Gasteiger partial charge in [-0.3, -0.25) is 18.8 Å². The fraction of sp³-hybridized carbons (Fsp3) is 0.385. The van der Waals surface area contributed by atoms with E-state index < -0.39 is 26.7 Å². The van der Waals surface area contributed by atoms with Gasteiger partial charge in [-0.1, -0.05) is 12.2 Å². The summed E-state index contributed by atoms with van der Waals surface area (Å²) >= 11 is 0. The van der Waals surface area contributed by atoms with E-state index in [4.69, 9.17) is 19.6 Å². The Kier molecular flexibility index (Phi) is 7.67. The highest BCUT2D eigenvalue weighted by Crippen LogP contribution is 2.37. The van der Waals surface area contributed by atoms with Crippen LogP contribution in [0.1, 0.15) is 12.6 Å². The quantitative estimate of drug-likeness (QED) is 0.297. The minimum Gasteiger partial charge on any atom is -0.480 e. The van der Waals surface area contributed by atoms with Gasteiger partial charge in [-0.25, -0.2) is 4.98 Å². The van der Waals surface area contributed by atoms with Crippen LogP contribution in [0.15, 0.2) is 36.3 Å². The predicted octanol–water partition coefficient (Wildman–Crippen LogP) is 0.480. The number of carboxylic acids is 1. The summed E-state index contributed by atoms with van der Waals surface area (Å²) in [5.41, 5.74) is -1.11. The molecule has 0 amide bonds. The van der Waals surface area contributed by atoms with Gasteiger partial charge >= 0.3 is 21.2 Å². The van der Waals surface area contributed by atoms with Gasteiger partial charge in [0.2, 0.25) is 0 Å². The third kappa shape index (κ3) is 7.76. The zero-order chi connectivity index (χ0) is 20.0. The number of hydrogen-bond acceptors (Lipinski definition) is 5. The number of nitrogens with one attached hydrogen (secondary N) is 1. The van der Waals surface area contributed by atoms with Crippen molar-refractivity contribution in [2.75, 3.05) is 13.1 Å². The average Bonchev–Trinajstić information content (AvgIpc) is 2.95. The van der Waals surface area contributed by atoms with Gasteiger partial charge in [-0.15, -0.1) is 0 Å². The van der Waals surface area contributed by atoms with E-state index in [9.17, 15) is 19.0 Å². The molecular formula is C13H21N3O8P2. The van der Waals surface area contributed by atoms with E-state index in [2.05, 4.69) is 9.97 Å². The largest absolute Gasteiger partial charge is 0.480 e. The second-order valence-corrected chi connectivity index (χ2v) is 8.62. The molecule has 11 nitrogen and oxygen atoms in total. The Morgan fingerprint density at radius 1 is 1.19 bits per heavy atom. The van der Waals surface area contributed by atoms with Gasteiger partial charge in [-0.2, -0.15) is 0 Å². The lowest BCUT2D eigenvalue weighted by Crippen LogP contribution is -2.54. The lowest BCUT2D eigenvalue weighted by Gasteiger charge is -2.36. The molecular weight excluding hydrogens is 388 g/mol. The van der Waals surface area contributed by atoms with Gasteiger partial charge in [-0.05, 0) is 6.92 Å². The standard InChI is InChI=1S/C13H21N3O8P2/c1-13(12(17)18,8-11-9-14-10-15-11)16(4-2-6-25(19,20)21)5-3-7-26(22,23)24/h2-3,6-7,9-10H,4-5,8H2,1H3,(H,14,15)(H,17,18)(H2,19,20,21)(H2,22,23,24)/t13-/m0/s1. The van der Waals surface area contributed by atoms with Gasteiger partial charge in [0, 0.05) is 37.3 Å². The Labute approximate surface area is 149 Å². The van der Waals surface area contributed by atoms with E-state index in [1.54, 1.807) is 0 Å². The number of carbonyl (C=O) groups is 1. The van der Waals surface area contributed by atoms with Crippen LogP contribution in [-0.2, 0) is 20.3 Å². The zero-order valence-corrected chi connectivity index (χ0v) is 15.6. The van der Waals surface area contributed by atoms with E-state index in [1.165, 1.54) is 24.3 Å². The molecule has 1 aromatic rings. The number of imidazole rings is 1. The minimum atomic E-state index is -4.42. The number of carboxylic acid groups (broad SMARTS) is 1. The smallest absolute Gasteiger partial charge is 0.348 e. The molecule has 0 aromatic carbocycles. The topological polar surface area (TPSA) is 184 Å². The molecule has 1 aromatic heterocycles. The van der Waals surface area contributed by atoms with E-state index in [0.29, 0.717) is 17.3 Å². The summed E-state index contributed by atoms with van der Waals surface area (Å²) in [6, 6.07) is 0. The van der Waals surface area contributed by atoms with E-state index in [-0.39, 0.29) is 19.5 Å². The first-order valence-corrected chi connectivity index (χ1v) is 10.6. The Morgan fingerprint density at radius 2 is 1.69 bits per heavy atom. The SMILES string of the molecule is C[C@](Cc1c[nH]cn1)(C(=O)O)N(CC=CP(=O)(O)O)CC=CP(=O)(O)O. The average molecular weight is 409 g/mol. The zero-order valence-electron chi connectivity index (χ0n) is 13.8. The Bertz CT molecular complexity index is 717. The summed E-state index contributed by atoms with van der Waals surface area (Å²) in [6.45, 7) is 1.04. The van der Waals surface area contributed by atoms with Crippen molar-refractivity contribution in [3.05, 3.63) is 42.0 Å². The molecule has 1 atom stereocenters. The van der Waals surface area contributed by atoms with Gasteiger partial charge < -0.3 is 29.7 Å². The molecule has 146 valence electrons. The summed E-state index contributed by atoms with van der Waals surface area (Å²) in [5.74, 6) is 0.0576. The fourth-order valence-corrected chi connectivity index (χ4v) is 2.90. The van der Waals surface area contributed by atoms with Crippen molar-refractivity contribution >= 4 is 21.2 Å². The lowest BCUT2D eigenvalue weighted by molar-refractivity contribution is -0.149. The monoisotopic (exact) mass is 409 g/mol. The maximum atomic E-state index is 11.9. The molecule has 0 aliphatic carbocycles.